The Morgan fingerprint density at radius 3 is 2.26 bits per heavy atom. The van der Waals surface area contributed by atoms with Gasteiger partial charge in [-0.1, -0.05) is 55.5 Å². The molecule has 7 nitrogen and oxygen atoms in total. The number of hydrogen-bond acceptors (Lipinski definition) is 4. The molecular formula is C27H32N2O5. The number of carboxylic acid groups (broad SMARTS) is 1. The fourth-order valence-corrected chi connectivity index (χ4v) is 5.11. The van der Waals surface area contributed by atoms with E-state index in [-0.39, 0.29) is 25.0 Å². The summed E-state index contributed by atoms with van der Waals surface area (Å²) in [6.45, 7) is 5.90. The van der Waals surface area contributed by atoms with Crippen LogP contribution in [0.2, 0.25) is 0 Å². The molecule has 1 saturated heterocycles. The first-order chi connectivity index (χ1) is 16.2. The summed E-state index contributed by atoms with van der Waals surface area (Å²) in [6, 6.07) is 16.3. The molecule has 0 bridgehead atoms. The minimum absolute atomic E-state index is 0.0433. The van der Waals surface area contributed by atoms with Crippen molar-refractivity contribution in [1.82, 2.24) is 10.2 Å². The number of alkyl carbamates (subject to hydrolysis) is 1. The molecule has 1 unspecified atom stereocenters. The average molecular weight is 465 g/mol. The van der Waals surface area contributed by atoms with Gasteiger partial charge in [-0.3, -0.25) is 4.79 Å². The number of ether oxygens (including phenoxy) is 1. The highest BCUT2D eigenvalue weighted by Gasteiger charge is 2.50. The molecule has 1 aliphatic heterocycles. The van der Waals surface area contributed by atoms with E-state index in [2.05, 4.69) is 29.6 Å². The molecule has 4 rings (SSSR count). The topological polar surface area (TPSA) is 95.9 Å². The van der Waals surface area contributed by atoms with E-state index in [0.29, 0.717) is 25.8 Å². The number of amides is 2. The minimum atomic E-state index is -1.21. The maximum atomic E-state index is 13.3. The van der Waals surface area contributed by atoms with E-state index < -0.39 is 23.0 Å². The van der Waals surface area contributed by atoms with Gasteiger partial charge in [0.15, 0.2) is 0 Å². The molecular weight excluding hydrogens is 432 g/mol. The molecule has 2 aromatic rings. The lowest BCUT2D eigenvalue weighted by molar-refractivity contribution is -0.159. The second kappa shape index (κ2) is 9.12. The molecule has 1 aliphatic carbocycles. The summed E-state index contributed by atoms with van der Waals surface area (Å²) in [5.74, 6) is -1.30. The first-order valence-corrected chi connectivity index (χ1v) is 11.9. The number of likely N-dealkylation sites (tertiary alicyclic amines) is 1. The number of aliphatic carboxylic acids is 1. The van der Waals surface area contributed by atoms with Crippen LogP contribution in [0.5, 0.6) is 0 Å². The fraction of sp³-hybridized carbons (Fsp3) is 0.444. The van der Waals surface area contributed by atoms with Gasteiger partial charge in [0.05, 0.1) is 5.41 Å². The number of nitrogens with one attached hydrogen (secondary N) is 1. The Bertz CT molecular complexity index is 1070. The summed E-state index contributed by atoms with van der Waals surface area (Å²) < 4.78 is 5.59. The number of carbonyl (C=O) groups excluding carboxylic acids is 2. The summed E-state index contributed by atoms with van der Waals surface area (Å²) in [7, 11) is 0. The Labute approximate surface area is 200 Å². The van der Waals surface area contributed by atoms with Gasteiger partial charge in [0.25, 0.3) is 0 Å². The summed E-state index contributed by atoms with van der Waals surface area (Å²) in [5.41, 5.74) is 2.44. The maximum absolute atomic E-state index is 13.3. The Balaban J connectivity index is 1.40. The van der Waals surface area contributed by atoms with Crippen molar-refractivity contribution in [3.63, 3.8) is 0 Å². The van der Waals surface area contributed by atoms with E-state index in [4.69, 9.17) is 4.74 Å². The molecule has 0 aromatic heterocycles. The van der Waals surface area contributed by atoms with Crippen molar-refractivity contribution in [3.05, 3.63) is 59.7 Å². The van der Waals surface area contributed by atoms with Crippen molar-refractivity contribution in [2.24, 2.45) is 5.41 Å². The molecule has 1 fully saturated rings. The van der Waals surface area contributed by atoms with Crippen molar-refractivity contribution in [1.29, 1.82) is 0 Å². The van der Waals surface area contributed by atoms with Gasteiger partial charge >= 0.3 is 12.1 Å². The lowest BCUT2D eigenvalue weighted by Crippen LogP contribution is -2.57. The smallest absolute Gasteiger partial charge is 0.407 e. The summed E-state index contributed by atoms with van der Waals surface area (Å²) >= 11 is 0. The van der Waals surface area contributed by atoms with Crippen molar-refractivity contribution in [2.75, 3.05) is 19.7 Å². The summed E-state index contributed by atoms with van der Waals surface area (Å²) in [4.78, 5) is 39.2. The second-order valence-electron chi connectivity index (χ2n) is 9.73. The zero-order valence-corrected chi connectivity index (χ0v) is 20.0. The van der Waals surface area contributed by atoms with Gasteiger partial charge in [0.2, 0.25) is 5.91 Å². The van der Waals surface area contributed by atoms with E-state index >= 15 is 0 Å². The number of nitrogens with zero attached hydrogens (tertiary/aromatic N) is 1. The SMILES string of the molecule is CCC(C)(CNC(=O)OCC1c2ccccc2-c2ccccc21)C(=O)N1CCC[C@]1(C)C(=O)O. The predicted molar refractivity (Wildman–Crippen MR) is 128 cm³/mol. The number of fused-ring (bicyclic) bond motifs is 3. The molecule has 180 valence electrons. The highest BCUT2D eigenvalue weighted by molar-refractivity contribution is 5.90. The number of rotatable bonds is 7. The lowest BCUT2D eigenvalue weighted by Gasteiger charge is -2.38. The molecule has 34 heavy (non-hydrogen) atoms. The van der Waals surface area contributed by atoms with Crippen molar-refractivity contribution >= 4 is 18.0 Å². The van der Waals surface area contributed by atoms with Crippen LogP contribution < -0.4 is 5.32 Å². The van der Waals surface area contributed by atoms with E-state index in [0.717, 1.165) is 22.3 Å². The van der Waals surface area contributed by atoms with Gasteiger partial charge in [0.1, 0.15) is 12.1 Å². The van der Waals surface area contributed by atoms with Gasteiger partial charge in [-0.05, 0) is 55.4 Å². The van der Waals surface area contributed by atoms with E-state index in [1.54, 1.807) is 13.8 Å². The van der Waals surface area contributed by atoms with Crippen LogP contribution >= 0.6 is 0 Å². The largest absolute Gasteiger partial charge is 0.480 e. The van der Waals surface area contributed by atoms with Gasteiger partial charge < -0.3 is 20.1 Å². The zero-order chi connectivity index (χ0) is 24.5. The van der Waals surface area contributed by atoms with Crippen LogP contribution in [0.3, 0.4) is 0 Å². The molecule has 0 radical (unpaired) electrons. The van der Waals surface area contributed by atoms with Crippen molar-refractivity contribution < 1.29 is 24.2 Å². The predicted octanol–water partition coefficient (Wildman–Crippen LogP) is 4.41. The number of hydrogen-bond donors (Lipinski definition) is 2. The molecule has 2 aliphatic rings. The highest BCUT2D eigenvalue weighted by Crippen LogP contribution is 2.44. The Morgan fingerprint density at radius 2 is 1.71 bits per heavy atom. The highest BCUT2D eigenvalue weighted by atomic mass is 16.5. The molecule has 2 atom stereocenters. The molecule has 2 aromatic carbocycles. The fourth-order valence-electron chi connectivity index (χ4n) is 5.11. The zero-order valence-electron chi connectivity index (χ0n) is 20.0. The monoisotopic (exact) mass is 464 g/mol. The molecule has 0 saturated carbocycles. The Morgan fingerprint density at radius 1 is 1.12 bits per heavy atom. The second-order valence-corrected chi connectivity index (χ2v) is 9.73. The van der Waals surface area contributed by atoms with Gasteiger partial charge in [-0.25, -0.2) is 9.59 Å². The van der Waals surface area contributed by atoms with E-state index in [1.807, 2.05) is 31.2 Å². The Hall–Kier alpha value is -3.35. The van der Waals surface area contributed by atoms with E-state index in [9.17, 15) is 19.5 Å². The quantitative estimate of drug-likeness (QED) is 0.633. The molecule has 0 spiro atoms. The van der Waals surface area contributed by atoms with Crippen LogP contribution in [0, 0.1) is 5.41 Å². The molecule has 7 heteroatoms. The minimum Gasteiger partial charge on any atom is -0.480 e. The first kappa shape index (κ1) is 23.8. The Kier molecular flexibility index (Phi) is 6.39. The normalized spacial score (nSPS) is 20.9. The van der Waals surface area contributed by atoms with Crippen molar-refractivity contribution in [2.45, 2.75) is 51.5 Å². The van der Waals surface area contributed by atoms with Gasteiger partial charge in [-0.2, -0.15) is 0 Å². The molecule has 2 amide bonds. The lowest BCUT2D eigenvalue weighted by atomic mass is 9.84. The third-order valence-corrected chi connectivity index (χ3v) is 7.61. The standard InChI is InChI=1S/C27H32N2O5/c1-4-26(2,23(30)29-15-9-14-27(29,3)24(31)32)17-28-25(33)34-16-22-20-12-7-5-10-18(20)19-11-6-8-13-21(19)22/h5-8,10-13,22H,4,9,14-17H2,1-3H3,(H,28,33)(H,31,32)/t26?,27-/m1/s1. The van der Waals surface area contributed by atoms with Crippen LogP contribution in [-0.2, 0) is 14.3 Å². The van der Waals surface area contributed by atoms with Crippen molar-refractivity contribution in [3.8, 4) is 11.1 Å². The van der Waals surface area contributed by atoms with Crippen LogP contribution in [0.4, 0.5) is 4.79 Å². The first-order valence-electron chi connectivity index (χ1n) is 11.9. The maximum Gasteiger partial charge on any atom is 0.407 e. The third kappa shape index (κ3) is 4.04. The average Bonchev–Trinajstić information content (AvgIpc) is 3.39. The van der Waals surface area contributed by atoms with Crippen LogP contribution in [-0.4, -0.2) is 53.2 Å². The van der Waals surface area contributed by atoms with Crippen LogP contribution in [0.15, 0.2) is 48.5 Å². The molecule has 1 heterocycles. The van der Waals surface area contributed by atoms with Gasteiger partial charge in [-0.15, -0.1) is 0 Å². The third-order valence-electron chi connectivity index (χ3n) is 7.61. The summed E-state index contributed by atoms with van der Waals surface area (Å²) in [5, 5.41) is 12.4. The number of carboxylic acids is 1. The molecule has 2 N–H and O–H groups in total. The van der Waals surface area contributed by atoms with Gasteiger partial charge in [0, 0.05) is 19.0 Å². The van der Waals surface area contributed by atoms with Crippen LogP contribution in [0.1, 0.15) is 57.1 Å². The van der Waals surface area contributed by atoms with Crippen LogP contribution in [0.25, 0.3) is 11.1 Å². The van der Waals surface area contributed by atoms with E-state index in [1.165, 1.54) is 4.90 Å². The summed E-state index contributed by atoms with van der Waals surface area (Å²) in [6.07, 6.45) is 0.945. The number of carbonyl (C=O) groups is 3. The number of benzene rings is 2.